The Morgan fingerprint density at radius 1 is 1.59 bits per heavy atom. The van der Waals surface area contributed by atoms with E-state index in [1.165, 1.54) is 16.1 Å². The number of carbonyl (C=O) groups excluding carboxylic acids is 1. The SMILES string of the molecule is C#SCC1C[C@@H](C(=O)O)N2C(=O)[C@@H](N)CCC12. The Labute approximate surface area is 104 Å². The molecule has 2 saturated heterocycles. The van der Waals surface area contributed by atoms with Crippen molar-refractivity contribution >= 4 is 23.0 Å². The second kappa shape index (κ2) is 4.64. The zero-order valence-corrected chi connectivity index (χ0v) is 10.2. The number of carbonyl (C=O) groups is 2. The van der Waals surface area contributed by atoms with Gasteiger partial charge in [0.15, 0.2) is 0 Å². The van der Waals surface area contributed by atoms with E-state index in [4.69, 9.17) is 16.5 Å². The van der Waals surface area contributed by atoms with Crippen LogP contribution in [0.3, 0.4) is 0 Å². The molecule has 5 nitrogen and oxygen atoms in total. The number of fused-ring (bicyclic) bond motifs is 1. The van der Waals surface area contributed by atoms with Crippen LogP contribution in [0.5, 0.6) is 0 Å². The molecule has 0 aromatic carbocycles. The van der Waals surface area contributed by atoms with Gasteiger partial charge in [-0.05, 0) is 25.2 Å². The van der Waals surface area contributed by atoms with E-state index in [9.17, 15) is 9.59 Å². The first-order chi connectivity index (χ1) is 8.06. The molecule has 2 unspecified atom stereocenters. The smallest absolute Gasteiger partial charge is 0.326 e. The van der Waals surface area contributed by atoms with Crippen LogP contribution in [-0.4, -0.2) is 45.8 Å². The van der Waals surface area contributed by atoms with Crippen molar-refractivity contribution < 1.29 is 14.7 Å². The van der Waals surface area contributed by atoms with Gasteiger partial charge in [0, 0.05) is 11.8 Å². The molecule has 6 heteroatoms. The van der Waals surface area contributed by atoms with Crippen molar-refractivity contribution in [3.63, 3.8) is 0 Å². The van der Waals surface area contributed by atoms with Crippen molar-refractivity contribution in [2.24, 2.45) is 11.7 Å². The minimum atomic E-state index is -0.943. The van der Waals surface area contributed by atoms with Crippen LogP contribution in [0.25, 0.3) is 0 Å². The molecule has 0 bridgehead atoms. The highest BCUT2D eigenvalue weighted by Crippen LogP contribution is 2.37. The van der Waals surface area contributed by atoms with Gasteiger partial charge in [0.25, 0.3) is 0 Å². The van der Waals surface area contributed by atoms with Gasteiger partial charge in [-0.2, -0.15) is 0 Å². The lowest BCUT2D eigenvalue weighted by atomic mass is 9.92. The number of aliphatic carboxylic acids is 1. The summed E-state index contributed by atoms with van der Waals surface area (Å²) < 4.78 is 0. The standard InChI is InChI=1S/C11H16N2O3S/c1-17-5-6-4-9(11(15)16)13-8(6)3-2-7(12)10(13)14/h1,6-9H,2-5,12H2,(H,15,16)/t6?,7-,8?,9-/m0/s1. The fourth-order valence-electron chi connectivity index (χ4n) is 2.90. The van der Waals surface area contributed by atoms with Gasteiger partial charge in [-0.25, -0.2) is 4.79 Å². The maximum absolute atomic E-state index is 12.0. The van der Waals surface area contributed by atoms with Crippen LogP contribution in [0.2, 0.25) is 0 Å². The summed E-state index contributed by atoms with van der Waals surface area (Å²) in [5, 5.41) is 9.17. The highest BCUT2D eigenvalue weighted by Gasteiger charge is 2.49. The minimum absolute atomic E-state index is 0.000509. The Morgan fingerprint density at radius 2 is 2.29 bits per heavy atom. The topological polar surface area (TPSA) is 83.6 Å². The number of piperidine rings is 1. The van der Waals surface area contributed by atoms with E-state index in [0.717, 1.165) is 6.42 Å². The molecular weight excluding hydrogens is 240 g/mol. The molecule has 0 aromatic heterocycles. The Balaban J connectivity index is 2.26. The Kier molecular flexibility index (Phi) is 3.38. The lowest BCUT2D eigenvalue weighted by Gasteiger charge is -2.36. The molecule has 1 amide bonds. The maximum atomic E-state index is 12.0. The fourth-order valence-corrected chi connectivity index (χ4v) is 3.50. The molecule has 0 aromatic rings. The van der Waals surface area contributed by atoms with Gasteiger partial charge in [0.05, 0.1) is 6.04 Å². The van der Waals surface area contributed by atoms with Crippen molar-refractivity contribution in [2.45, 2.75) is 37.4 Å². The number of carboxylic acid groups (broad SMARTS) is 1. The van der Waals surface area contributed by atoms with Gasteiger partial charge in [0.1, 0.15) is 6.04 Å². The van der Waals surface area contributed by atoms with Crippen LogP contribution in [0, 0.1) is 11.6 Å². The number of carboxylic acids is 1. The van der Waals surface area contributed by atoms with E-state index in [0.29, 0.717) is 18.6 Å². The first kappa shape index (κ1) is 12.4. The van der Waals surface area contributed by atoms with Crippen molar-refractivity contribution in [3.8, 4) is 5.69 Å². The summed E-state index contributed by atoms with van der Waals surface area (Å²) in [7, 11) is 0. The molecule has 2 aliphatic rings. The molecule has 0 spiro atoms. The predicted octanol–water partition coefficient (Wildman–Crippen LogP) is 0.1000. The highest BCUT2D eigenvalue weighted by atomic mass is 32.1. The number of hydrogen-bond acceptors (Lipinski definition) is 3. The number of rotatable bonds is 2. The van der Waals surface area contributed by atoms with Gasteiger partial charge in [-0.1, -0.05) is 0 Å². The lowest BCUT2D eigenvalue weighted by Crippen LogP contribution is -2.56. The molecule has 2 aliphatic heterocycles. The predicted molar refractivity (Wildman–Crippen MR) is 64.8 cm³/mol. The molecule has 4 atom stereocenters. The van der Waals surface area contributed by atoms with Crippen molar-refractivity contribution in [1.29, 1.82) is 0 Å². The van der Waals surface area contributed by atoms with Crippen molar-refractivity contribution in [3.05, 3.63) is 0 Å². The lowest BCUT2D eigenvalue weighted by molar-refractivity contribution is -0.151. The molecule has 3 N–H and O–H groups in total. The van der Waals surface area contributed by atoms with E-state index >= 15 is 0 Å². The summed E-state index contributed by atoms with van der Waals surface area (Å²) >= 11 is 1.21. The second-order valence-corrected chi connectivity index (χ2v) is 5.35. The summed E-state index contributed by atoms with van der Waals surface area (Å²) in [6, 6.07) is -1.27. The van der Waals surface area contributed by atoms with Crippen molar-refractivity contribution in [1.82, 2.24) is 4.90 Å². The zero-order chi connectivity index (χ0) is 12.6. The monoisotopic (exact) mass is 256 g/mol. The van der Waals surface area contributed by atoms with Crippen LogP contribution >= 0.6 is 11.2 Å². The third-order valence-electron chi connectivity index (χ3n) is 3.70. The number of nitrogens with two attached hydrogens (primary N) is 1. The average molecular weight is 256 g/mol. The second-order valence-electron chi connectivity index (χ2n) is 4.68. The van der Waals surface area contributed by atoms with E-state index < -0.39 is 18.1 Å². The molecule has 2 heterocycles. The first-order valence-electron chi connectivity index (χ1n) is 5.68. The van der Waals surface area contributed by atoms with Crippen LogP contribution in [0.15, 0.2) is 0 Å². The van der Waals surface area contributed by atoms with E-state index in [1.54, 1.807) is 0 Å². The Bertz CT molecular complexity index is 393. The number of hydrogen-bond donors (Lipinski definition) is 2. The molecule has 2 rings (SSSR count). The van der Waals surface area contributed by atoms with Gasteiger partial charge >= 0.3 is 5.97 Å². The number of nitrogens with zero attached hydrogens (tertiary/aromatic N) is 1. The Morgan fingerprint density at radius 3 is 2.88 bits per heavy atom. The van der Waals surface area contributed by atoms with Crippen molar-refractivity contribution in [2.75, 3.05) is 5.75 Å². The largest absolute Gasteiger partial charge is 0.480 e. The Hall–Kier alpha value is -1.10. The van der Waals surface area contributed by atoms with E-state index in [-0.39, 0.29) is 17.9 Å². The van der Waals surface area contributed by atoms with Gasteiger partial charge < -0.3 is 15.7 Å². The third kappa shape index (κ3) is 2.04. The molecule has 0 saturated carbocycles. The molecule has 94 valence electrons. The van der Waals surface area contributed by atoms with Crippen LogP contribution in [0.1, 0.15) is 19.3 Å². The summed E-state index contributed by atoms with van der Waals surface area (Å²) in [6.07, 6.45) is 1.91. The molecule has 0 aliphatic carbocycles. The van der Waals surface area contributed by atoms with Crippen LogP contribution in [0.4, 0.5) is 0 Å². The molecule has 2 fully saturated rings. The van der Waals surface area contributed by atoms with Crippen LogP contribution in [-0.2, 0) is 9.59 Å². The molecule has 0 radical (unpaired) electrons. The van der Waals surface area contributed by atoms with Gasteiger partial charge in [-0.15, -0.1) is 16.9 Å². The summed E-state index contributed by atoms with van der Waals surface area (Å²) in [6.45, 7) is 0. The normalized spacial score (nSPS) is 36.7. The minimum Gasteiger partial charge on any atom is -0.480 e. The summed E-state index contributed by atoms with van der Waals surface area (Å²) in [4.78, 5) is 24.6. The summed E-state index contributed by atoms with van der Waals surface area (Å²) in [5.41, 5.74) is 11.2. The van der Waals surface area contributed by atoms with E-state index in [1.807, 2.05) is 0 Å². The van der Waals surface area contributed by atoms with E-state index in [2.05, 4.69) is 0 Å². The first-order valence-corrected chi connectivity index (χ1v) is 6.73. The quantitative estimate of drug-likeness (QED) is 0.734. The zero-order valence-electron chi connectivity index (χ0n) is 9.41. The fraction of sp³-hybridized carbons (Fsp3) is 0.727. The molecule has 17 heavy (non-hydrogen) atoms. The maximum Gasteiger partial charge on any atom is 0.326 e. The number of amides is 1. The summed E-state index contributed by atoms with van der Waals surface area (Å²) in [5.74, 6) is -0.310. The van der Waals surface area contributed by atoms with Gasteiger partial charge in [0.2, 0.25) is 5.91 Å². The molecular formula is C11H16N2O3S. The van der Waals surface area contributed by atoms with Gasteiger partial charge in [-0.3, -0.25) is 4.79 Å². The third-order valence-corrected chi connectivity index (χ3v) is 4.32. The average Bonchev–Trinajstić information content (AvgIpc) is 2.64. The highest BCUT2D eigenvalue weighted by molar-refractivity contribution is 7.88. The van der Waals surface area contributed by atoms with Crippen LogP contribution < -0.4 is 5.73 Å².